The van der Waals surface area contributed by atoms with E-state index in [4.69, 9.17) is 5.73 Å². The first kappa shape index (κ1) is 13.3. The number of nitrogens with two attached hydrogens (primary N) is 1. The van der Waals surface area contributed by atoms with Gasteiger partial charge in [0.25, 0.3) is 5.91 Å². The van der Waals surface area contributed by atoms with Gasteiger partial charge in [-0.2, -0.15) is 0 Å². The molecule has 1 aromatic rings. The van der Waals surface area contributed by atoms with Crippen molar-refractivity contribution in [2.75, 3.05) is 0 Å². The van der Waals surface area contributed by atoms with Crippen LogP contribution in [0.1, 0.15) is 31.9 Å². The van der Waals surface area contributed by atoms with E-state index >= 15 is 0 Å². The highest BCUT2D eigenvalue weighted by molar-refractivity contribution is 6.23. The molecule has 1 aliphatic rings. The van der Waals surface area contributed by atoms with Gasteiger partial charge in [0.05, 0.1) is 5.70 Å². The zero-order valence-corrected chi connectivity index (χ0v) is 11.4. The lowest BCUT2D eigenvalue weighted by Gasteiger charge is -2.36. The molecule has 0 unspecified atom stereocenters. The molecule has 100 valence electrons. The van der Waals surface area contributed by atoms with Crippen LogP contribution in [0.5, 0.6) is 0 Å². The van der Waals surface area contributed by atoms with Crippen LogP contribution in [0.4, 0.5) is 0 Å². The monoisotopic (exact) mass is 258 g/mol. The number of fused-ring (bicyclic) bond motifs is 1. The minimum atomic E-state index is -0.692. The second kappa shape index (κ2) is 4.53. The number of amides is 1. The second-order valence-electron chi connectivity index (χ2n) is 5.51. The highest BCUT2D eigenvalue weighted by Crippen LogP contribution is 2.31. The van der Waals surface area contributed by atoms with Crippen molar-refractivity contribution in [1.29, 1.82) is 0 Å². The summed E-state index contributed by atoms with van der Waals surface area (Å²) in [7, 11) is 0. The summed E-state index contributed by atoms with van der Waals surface area (Å²) in [6, 6.07) is 7.75. The molecule has 4 heteroatoms. The fourth-order valence-electron chi connectivity index (χ4n) is 2.51. The number of rotatable bonds is 2. The predicted octanol–water partition coefficient (Wildman–Crippen LogP) is 1.40. The van der Waals surface area contributed by atoms with Crippen molar-refractivity contribution in [2.45, 2.75) is 32.7 Å². The summed E-state index contributed by atoms with van der Waals surface area (Å²) in [5, 5.41) is 3.27. The summed E-state index contributed by atoms with van der Waals surface area (Å²) in [6.07, 6.45) is 0.830. The zero-order valence-electron chi connectivity index (χ0n) is 11.4. The van der Waals surface area contributed by atoms with Crippen LogP contribution in [0.15, 0.2) is 29.8 Å². The van der Waals surface area contributed by atoms with Crippen LogP contribution in [0.25, 0.3) is 5.70 Å². The maximum Gasteiger partial charge on any atom is 0.254 e. The van der Waals surface area contributed by atoms with Gasteiger partial charge >= 0.3 is 0 Å². The van der Waals surface area contributed by atoms with E-state index in [1.165, 1.54) is 6.92 Å². The van der Waals surface area contributed by atoms with Gasteiger partial charge in [-0.05, 0) is 32.8 Å². The van der Waals surface area contributed by atoms with Crippen LogP contribution >= 0.6 is 0 Å². The van der Waals surface area contributed by atoms with Crippen molar-refractivity contribution in [3.05, 3.63) is 41.0 Å². The minimum Gasteiger partial charge on any atom is -0.379 e. The van der Waals surface area contributed by atoms with Crippen LogP contribution < -0.4 is 11.1 Å². The van der Waals surface area contributed by atoms with E-state index in [1.54, 1.807) is 0 Å². The number of hydrogen-bond acceptors (Lipinski definition) is 3. The molecule has 3 N–H and O–H groups in total. The van der Waals surface area contributed by atoms with Gasteiger partial charge in [0.1, 0.15) is 5.57 Å². The molecule has 1 aromatic carbocycles. The number of carbonyl (C=O) groups excluding carboxylic acids is 2. The molecule has 0 fully saturated rings. The largest absolute Gasteiger partial charge is 0.379 e. The molecule has 0 saturated carbocycles. The maximum atomic E-state index is 11.7. The lowest BCUT2D eigenvalue weighted by Crippen LogP contribution is -2.45. The van der Waals surface area contributed by atoms with E-state index in [9.17, 15) is 9.59 Å². The molecule has 0 atom stereocenters. The molecule has 0 aromatic heterocycles. The molecule has 1 aliphatic heterocycles. The number of carbonyl (C=O) groups is 2. The molecule has 0 spiro atoms. The Morgan fingerprint density at radius 2 is 1.89 bits per heavy atom. The predicted molar refractivity (Wildman–Crippen MR) is 74.2 cm³/mol. The van der Waals surface area contributed by atoms with E-state index in [0.29, 0.717) is 5.70 Å². The topological polar surface area (TPSA) is 72.2 Å². The summed E-state index contributed by atoms with van der Waals surface area (Å²) < 4.78 is 0. The minimum absolute atomic E-state index is 0.0419. The molecule has 1 amide bonds. The molecule has 0 radical (unpaired) electrons. The van der Waals surface area contributed by atoms with Crippen molar-refractivity contribution < 1.29 is 9.59 Å². The molecular weight excluding hydrogens is 240 g/mol. The van der Waals surface area contributed by atoms with Gasteiger partial charge in [-0.3, -0.25) is 9.59 Å². The number of ketones is 1. The third kappa shape index (κ3) is 2.52. The van der Waals surface area contributed by atoms with Crippen molar-refractivity contribution in [3.8, 4) is 0 Å². The van der Waals surface area contributed by atoms with Crippen LogP contribution in [0, 0.1) is 0 Å². The summed E-state index contributed by atoms with van der Waals surface area (Å²) in [6.45, 7) is 5.42. The van der Waals surface area contributed by atoms with Crippen LogP contribution in [-0.2, 0) is 16.0 Å². The number of benzene rings is 1. The number of hydrogen-bond donors (Lipinski definition) is 2. The van der Waals surface area contributed by atoms with Crippen molar-refractivity contribution in [1.82, 2.24) is 5.32 Å². The molecule has 0 saturated heterocycles. The lowest BCUT2D eigenvalue weighted by molar-refractivity contribution is -0.119. The Morgan fingerprint density at radius 3 is 2.47 bits per heavy atom. The highest BCUT2D eigenvalue weighted by atomic mass is 16.2. The van der Waals surface area contributed by atoms with E-state index < -0.39 is 5.91 Å². The number of nitrogens with one attached hydrogen (secondary N) is 1. The van der Waals surface area contributed by atoms with Crippen LogP contribution in [0.2, 0.25) is 0 Å². The summed E-state index contributed by atoms with van der Waals surface area (Å²) in [5.74, 6) is -1.01. The normalized spacial score (nSPS) is 19.1. The van der Waals surface area contributed by atoms with E-state index in [1.807, 2.05) is 38.1 Å². The van der Waals surface area contributed by atoms with Crippen molar-refractivity contribution in [3.63, 3.8) is 0 Å². The average Bonchev–Trinajstić information content (AvgIpc) is 2.26. The third-order valence-corrected chi connectivity index (χ3v) is 3.23. The SMILES string of the molecule is CC(=O)/C(C(N)=O)=C1/NC(C)(C)Cc2ccccc21. The van der Waals surface area contributed by atoms with Gasteiger partial charge in [-0.15, -0.1) is 0 Å². The van der Waals surface area contributed by atoms with Crippen LogP contribution in [0.3, 0.4) is 0 Å². The van der Waals surface area contributed by atoms with Crippen molar-refractivity contribution >= 4 is 17.4 Å². The molecule has 19 heavy (non-hydrogen) atoms. The van der Waals surface area contributed by atoms with Gasteiger partial charge in [-0.25, -0.2) is 0 Å². The Kier molecular flexibility index (Phi) is 3.18. The average molecular weight is 258 g/mol. The Morgan fingerprint density at radius 1 is 1.26 bits per heavy atom. The molecular formula is C15H18N2O2. The fraction of sp³-hybridized carbons (Fsp3) is 0.333. The zero-order chi connectivity index (χ0) is 14.2. The Hall–Kier alpha value is -2.10. The lowest BCUT2D eigenvalue weighted by atomic mass is 9.84. The van der Waals surface area contributed by atoms with Gasteiger partial charge in [0, 0.05) is 11.1 Å². The first-order valence-electron chi connectivity index (χ1n) is 6.23. The quantitative estimate of drug-likeness (QED) is 0.478. The summed E-state index contributed by atoms with van der Waals surface area (Å²) in [4.78, 5) is 23.3. The van der Waals surface area contributed by atoms with Gasteiger partial charge < -0.3 is 11.1 Å². The Bertz CT molecular complexity index is 570. The molecule has 4 nitrogen and oxygen atoms in total. The van der Waals surface area contributed by atoms with E-state index in [0.717, 1.165) is 17.5 Å². The maximum absolute atomic E-state index is 11.7. The molecule has 2 rings (SSSR count). The van der Waals surface area contributed by atoms with Gasteiger partial charge in [0.2, 0.25) is 0 Å². The van der Waals surface area contributed by atoms with Gasteiger partial charge in [0.15, 0.2) is 5.78 Å². The Balaban J connectivity index is 2.72. The fourth-order valence-corrected chi connectivity index (χ4v) is 2.51. The summed E-state index contributed by atoms with van der Waals surface area (Å²) >= 11 is 0. The Labute approximate surface area is 112 Å². The molecule has 0 aliphatic carbocycles. The third-order valence-electron chi connectivity index (χ3n) is 3.23. The van der Waals surface area contributed by atoms with Gasteiger partial charge in [-0.1, -0.05) is 24.3 Å². The van der Waals surface area contributed by atoms with Crippen molar-refractivity contribution in [2.24, 2.45) is 5.73 Å². The van der Waals surface area contributed by atoms with Crippen LogP contribution in [-0.4, -0.2) is 17.2 Å². The molecule has 1 heterocycles. The first-order valence-corrected chi connectivity index (χ1v) is 6.23. The highest BCUT2D eigenvalue weighted by Gasteiger charge is 2.31. The number of Topliss-reactive ketones (excluding diaryl/α,β-unsaturated/α-hetero) is 1. The number of primary amides is 1. The smallest absolute Gasteiger partial charge is 0.254 e. The van der Waals surface area contributed by atoms with E-state index in [2.05, 4.69) is 5.32 Å². The first-order chi connectivity index (χ1) is 8.82. The standard InChI is InChI=1S/C15H18N2O2/c1-9(18)12(14(16)19)13-11-7-5-4-6-10(11)8-15(2,3)17-13/h4-7,17H,8H2,1-3H3,(H2,16,19)/b13-12-. The van der Waals surface area contributed by atoms with E-state index in [-0.39, 0.29) is 16.9 Å². The summed E-state index contributed by atoms with van der Waals surface area (Å²) in [5.41, 5.74) is 7.72. The molecule has 0 bridgehead atoms. The second-order valence-corrected chi connectivity index (χ2v) is 5.51.